The molecule has 2 amide bonds. The third-order valence-electron chi connectivity index (χ3n) is 5.47. The molecule has 3 rings (SSSR count). The summed E-state index contributed by atoms with van der Waals surface area (Å²) in [6.07, 6.45) is 3.17. The van der Waals surface area contributed by atoms with Gasteiger partial charge in [-0.2, -0.15) is 0 Å². The van der Waals surface area contributed by atoms with Crippen LogP contribution >= 0.6 is 0 Å². The molecule has 7 nitrogen and oxygen atoms in total. The van der Waals surface area contributed by atoms with Crippen molar-refractivity contribution in [3.8, 4) is 0 Å². The van der Waals surface area contributed by atoms with Gasteiger partial charge in [-0.05, 0) is 17.7 Å². The van der Waals surface area contributed by atoms with E-state index < -0.39 is 0 Å². The predicted molar refractivity (Wildman–Crippen MR) is 108 cm³/mol. The predicted octanol–water partition coefficient (Wildman–Crippen LogP) is 1.55. The van der Waals surface area contributed by atoms with Crippen molar-refractivity contribution in [3.63, 3.8) is 0 Å². The molecule has 7 heteroatoms. The number of aliphatic hydroxyl groups excluding tert-OH is 1. The van der Waals surface area contributed by atoms with Gasteiger partial charge in [-0.15, -0.1) is 0 Å². The summed E-state index contributed by atoms with van der Waals surface area (Å²) < 4.78 is 5.19. The van der Waals surface area contributed by atoms with Gasteiger partial charge in [0.15, 0.2) is 0 Å². The van der Waals surface area contributed by atoms with Gasteiger partial charge in [-0.3, -0.25) is 14.6 Å². The Morgan fingerprint density at radius 3 is 2.41 bits per heavy atom. The van der Waals surface area contributed by atoms with Crippen LogP contribution in [0.15, 0.2) is 54.9 Å². The van der Waals surface area contributed by atoms with Crippen LogP contribution in [0.1, 0.15) is 28.8 Å². The zero-order valence-electron chi connectivity index (χ0n) is 16.8. The number of rotatable bonds is 8. The van der Waals surface area contributed by atoms with Crippen molar-refractivity contribution in [2.75, 3.05) is 33.4 Å². The van der Waals surface area contributed by atoms with Gasteiger partial charge in [0.2, 0.25) is 5.91 Å². The molecule has 154 valence electrons. The summed E-state index contributed by atoms with van der Waals surface area (Å²) in [6.45, 7) is 2.54. The van der Waals surface area contributed by atoms with E-state index in [2.05, 4.69) is 4.98 Å². The number of methoxy groups -OCH3 is 1. The highest BCUT2D eigenvalue weighted by atomic mass is 16.5. The maximum Gasteiger partial charge on any atom is 0.254 e. The fourth-order valence-electron chi connectivity index (χ4n) is 4.12. The normalized spacial score (nSPS) is 20.8. The number of aliphatic hydroxyl groups is 1. The van der Waals surface area contributed by atoms with E-state index in [1.807, 2.05) is 30.3 Å². The first kappa shape index (κ1) is 21.0. The molecule has 1 fully saturated rings. The molecule has 1 aliphatic rings. The number of benzene rings is 1. The van der Waals surface area contributed by atoms with E-state index in [1.165, 1.54) is 6.92 Å². The average Bonchev–Trinajstić information content (AvgIpc) is 2.73. The SMILES string of the molecule is COCCN(C[C@@H]1[C@@H](c2ccccc2)[C@@H](CO)N1C(C)=O)C(=O)c1ccncc1. The van der Waals surface area contributed by atoms with E-state index >= 15 is 0 Å². The lowest BCUT2D eigenvalue weighted by Crippen LogP contribution is -2.68. The largest absolute Gasteiger partial charge is 0.394 e. The fourth-order valence-corrected chi connectivity index (χ4v) is 4.12. The van der Waals surface area contributed by atoms with Gasteiger partial charge >= 0.3 is 0 Å². The highest BCUT2D eigenvalue weighted by Crippen LogP contribution is 2.41. The quantitative estimate of drug-likeness (QED) is 0.731. The van der Waals surface area contributed by atoms with Gasteiger partial charge in [0.25, 0.3) is 5.91 Å². The minimum Gasteiger partial charge on any atom is -0.394 e. The van der Waals surface area contributed by atoms with Crippen molar-refractivity contribution in [1.29, 1.82) is 0 Å². The Bertz CT molecular complexity index is 815. The second kappa shape index (κ2) is 9.62. The van der Waals surface area contributed by atoms with Gasteiger partial charge in [-0.1, -0.05) is 30.3 Å². The van der Waals surface area contributed by atoms with Gasteiger partial charge in [0.1, 0.15) is 0 Å². The van der Waals surface area contributed by atoms with E-state index in [9.17, 15) is 14.7 Å². The molecule has 1 N–H and O–H groups in total. The third-order valence-corrected chi connectivity index (χ3v) is 5.47. The number of hydrogen-bond donors (Lipinski definition) is 1. The molecular formula is C22H27N3O4. The second-order valence-corrected chi connectivity index (χ2v) is 7.16. The van der Waals surface area contributed by atoms with Gasteiger partial charge < -0.3 is 19.6 Å². The number of aromatic nitrogens is 1. The van der Waals surface area contributed by atoms with Gasteiger partial charge in [0, 0.05) is 51.0 Å². The molecule has 2 aromatic rings. The molecule has 0 unspecified atom stereocenters. The number of likely N-dealkylation sites (tertiary alicyclic amines) is 1. The van der Waals surface area contributed by atoms with E-state index in [1.54, 1.807) is 41.4 Å². The van der Waals surface area contributed by atoms with Crippen LogP contribution in [0.4, 0.5) is 0 Å². The molecule has 2 heterocycles. The number of amides is 2. The summed E-state index contributed by atoms with van der Waals surface area (Å²) in [6, 6.07) is 12.7. The van der Waals surface area contributed by atoms with Crippen LogP contribution in [-0.4, -0.2) is 77.2 Å². The minimum absolute atomic E-state index is 0.0413. The van der Waals surface area contributed by atoms with Gasteiger partial charge in [0.05, 0.1) is 25.3 Å². The van der Waals surface area contributed by atoms with Crippen molar-refractivity contribution < 1.29 is 19.4 Å². The molecule has 1 aromatic carbocycles. The van der Waals surface area contributed by atoms with Crippen LogP contribution in [0.3, 0.4) is 0 Å². The maximum absolute atomic E-state index is 13.1. The standard InChI is InChI=1S/C22H27N3O4/c1-16(27)25-19(21(20(25)15-26)17-6-4-3-5-7-17)14-24(12-13-29-2)22(28)18-8-10-23-11-9-18/h3-11,19-21,26H,12-15H2,1-2H3/t19-,20-,21-/m1/s1. The van der Waals surface area contributed by atoms with Crippen molar-refractivity contribution >= 4 is 11.8 Å². The highest BCUT2D eigenvalue weighted by molar-refractivity contribution is 5.94. The summed E-state index contributed by atoms with van der Waals surface area (Å²) in [5.41, 5.74) is 1.59. The lowest BCUT2D eigenvalue weighted by molar-refractivity contribution is -0.149. The van der Waals surface area contributed by atoms with Crippen molar-refractivity contribution in [2.45, 2.75) is 24.9 Å². The summed E-state index contributed by atoms with van der Waals surface area (Å²) in [7, 11) is 1.59. The first-order valence-corrected chi connectivity index (χ1v) is 9.71. The van der Waals surface area contributed by atoms with Crippen LogP contribution < -0.4 is 0 Å². The summed E-state index contributed by atoms with van der Waals surface area (Å²) in [4.78, 5) is 32.8. The van der Waals surface area contributed by atoms with Crippen LogP contribution in [0.2, 0.25) is 0 Å². The zero-order valence-corrected chi connectivity index (χ0v) is 16.8. The topological polar surface area (TPSA) is 83.0 Å². The lowest BCUT2D eigenvalue weighted by atomic mass is 9.74. The van der Waals surface area contributed by atoms with E-state index in [4.69, 9.17) is 4.74 Å². The Morgan fingerprint density at radius 1 is 1.14 bits per heavy atom. The van der Waals surface area contributed by atoms with E-state index in [0.29, 0.717) is 25.3 Å². The third kappa shape index (κ3) is 4.46. The number of pyridine rings is 1. The number of carbonyl (C=O) groups excluding carboxylic acids is 2. The van der Waals surface area contributed by atoms with E-state index in [0.717, 1.165) is 5.56 Å². The molecule has 0 radical (unpaired) electrons. The number of nitrogens with zero attached hydrogens (tertiary/aromatic N) is 3. The second-order valence-electron chi connectivity index (χ2n) is 7.16. The number of carbonyl (C=O) groups is 2. The first-order chi connectivity index (χ1) is 14.1. The van der Waals surface area contributed by atoms with Crippen LogP contribution in [0, 0.1) is 0 Å². The average molecular weight is 397 g/mol. The summed E-state index contributed by atoms with van der Waals surface area (Å²) >= 11 is 0. The maximum atomic E-state index is 13.1. The first-order valence-electron chi connectivity index (χ1n) is 9.71. The molecule has 29 heavy (non-hydrogen) atoms. The molecule has 1 saturated heterocycles. The Balaban J connectivity index is 1.88. The van der Waals surface area contributed by atoms with Gasteiger partial charge in [-0.25, -0.2) is 0 Å². The molecular weight excluding hydrogens is 370 g/mol. The molecule has 0 aliphatic carbocycles. The fraction of sp³-hybridized carbons (Fsp3) is 0.409. The summed E-state index contributed by atoms with van der Waals surface area (Å²) in [5, 5.41) is 9.92. The summed E-state index contributed by atoms with van der Waals surface area (Å²) in [5.74, 6) is -0.281. The Labute approximate surface area is 170 Å². The van der Waals surface area contributed by atoms with Crippen molar-refractivity contribution in [2.24, 2.45) is 0 Å². The lowest BCUT2D eigenvalue weighted by Gasteiger charge is -2.55. The Morgan fingerprint density at radius 2 is 1.83 bits per heavy atom. The molecule has 1 aliphatic heterocycles. The van der Waals surface area contributed by atoms with Crippen molar-refractivity contribution in [3.05, 3.63) is 66.0 Å². The smallest absolute Gasteiger partial charge is 0.254 e. The molecule has 1 aromatic heterocycles. The van der Waals surface area contributed by atoms with Crippen LogP contribution in [0.5, 0.6) is 0 Å². The highest BCUT2D eigenvalue weighted by Gasteiger charge is 2.50. The monoisotopic (exact) mass is 397 g/mol. The Kier molecular flexibility index (Phi) is 6.95. The number of ether oxygens (including phenoxy) is 1. The van der Waals surface area contributed by atoms with Crippen LogP contribution in [-0.2, 0) is 9.53 Å². The minimum atomic E-state index is -0.291. The van der Waals surface area contributed by atoms with E-state index in [-0.39, 0.29) is 36.4 Å². The molecule has 0 saturated carbocycles. The molecule has 3 atom stereocenters. The number of hydrogen-bond acceptors (Lipinski definition) is 5. The molecule has 0 spiro atoms. The molecule has 0 bridgehead atoms. The van der Waals surface area contributed by atoms with Crippen molar-refractivity contribution in [1.82, 2.24) is 14.8 Å². The Hall–Kier alpha value is -2.77. The van der Waals surface area contributed by atoms with Crippen LogP contribution in [0.25, 0.3) is 0 Å². The zero-order chi connectivity index (χ0) is 20.8.